The molecule has 0 spiro atoms. The molecular weight excluding hydrogens is 414 g/mol. The van der Waals surface area contributed by atoms with Gasteiger partial charge in [-0.2, -0.15) is 0 Å². The zero-order valence-corrected chi connectivity index (χ0v) is 19.8. The fourth-order valence-electron chi connectivity index (χ4n) is 5.48. The van der Waals surface area contributed by atoms with Gasteiger partial charge in [0.05, 0.1) is 30.8 Å². The van der Waals surface area contributed by atoms with Crippen LogP contribution >= 0.6 is 0 Å². The van der Waals surface area contributed by atoms with Gasteiger partial charge >= 0.3 is 0 Å². The van der Waals surface area contributed by atoms with Gasteiger partial charge in [-0.05, 0) is 81.5 Å². The minimum atomic E-state index is -1.19. The number of aliphatic hydroxyl groups is 2. The van der Waals surface area contributed by atoms with Gasteiger partial charge in [0.15, 0.2) is 0 Å². The van der Waals surface area contributed by atoms with Gasteiger partial charge in [-0.3, -0.25) is 4.79 Å². The predicted molar refractivity (Wildman–Crippen MR) is 129 cm³/mol. The standard InChI is InChI=1S/C28H37NO4/c1-27(2,32)25(29-26(31)24(18-30)21-6-4-3-5-7-21)22-8-10-23(11-9-22)33-19-28-15-12-20(13-16-28)14-17-28/h3-11,20,24-25,30,32H,12-19H2,1-2H3,(H,29,31)/t20?,24-,25?,28?/m0/s1. The monoisotopic (exact) mass is 451 g/mol. The minimum absolute atomic E-state index is 0.302. The molecule has 5 rings (SSSR count). The summed E-state index contributed by atoms with van der Waals surface area (Å²) in [6, 6.07) is 16.2. The molecule has 3 aliphatic rings. The van der Waals surface area contributed by atoms with E-state index in [1.165, 1.54) is 38.5 Å². The summed E-state index contributed by atoms with van der Waals surface area (Å²) in [4.78, 5) is 13.0. The second kappa shape index (κ2) is 9.86. The molecule has 3 aliphatic carbocycles. The SMILES string of the molecule is CC(C)(O)C(NC(=O)[C@@H](CO)c1ccccc1)c1ccc(OCC23CCC(CC2)CC3)cc1. The normalized spacial score (nSPS) is 24.2. The van der Waals surface area contributed by atoms with E-state index >= 15 is 0 Å². The molecule has 0 aromatic heterocycles. The Bertz CT molecular complexity index is 897. The average molecular weight is 452 g/mol. The van der Waals surface area contributed by atoms with E-state index in [0.717, 1.165) is 29.4 Å². The van der Waals surface area contributed by atoms with E-state index in [1.807, 2.05) is 54.6 Å². The summed E-state index contributed by atoms with van der Waals surface area (Å²) in [5.41, 5.74) is 0.693. The van der Waals surface area contributed by atoms with Crippen LogP contribution in [0.1, 0.15) is 75.5 Å². The first-order valence-electron chi connectivity index (χ1n) is 12.2. The van der Waals surface area contributed by atoms with Crippen molar-refractivity contribution in [1.82, 2.24) is 5.32 Å². The first kappa shape index (κ1) is 23.8. The second-order valence-electron chi connectivity index (χ2n) is 10.6. The minimum Gasteiger partial charge on any atom is -0.493 e. The van der Waals surface area contributed by atoms with Crippen molar-refractivity contribution < 1.29 is 19.7 Å². The lowest BCUT2D eigenvalue weighted by Crippen LogP contribution is -2.44. The fourth-order valence-corrected chi connectivity index (χ4v) is 5.48. The maximum absolute atomic E-state index is 13.0. The summed E-state index contributed by atoms with van der Waals surface area (Å²) in [5, 5.41) is 23.6. The van der Waals surface area contributed by atoms with Gasteiger partial charge in [0, 0.05) is 5.41 Å². The molecule has 2 atom stereocenters. The van der Waals surface area contributed by atoms with Gasteiger partial charge in [0.2, 0.25) is 5.91 Å². The lowest BCUT2D eigenvalue weighted by atomic mass is 9.61. The topological polar surface area (TPSA) is 78.8 Å². The number of aliphatic hydroxyl groups excluding tert-OH is 1. The lowest BCUT2D eigenvalue weighted by molar-refractivity contribution is -0.126. The Morgan fingerprint density at radius 2 is 1.64 bits per heavy atom. The Morgan fingerprint density at radius 1 is 1.03 bits per heavy atom. The first-order chi connectivity index (χ1) is 15.8. The Kier molecular flexibility index (Phi) is 7.10. The third kappa shape index (κ3) is 5.59. The van der Waals surface area contributed by atoms with Crippen molar-refractivity contribution in [1.29, 1.82) is 0 Å². The van der Waals surface area contributed by atoms with Crippen molar-refractivity contribution >= 4 is 5.91 Å². The molecule has 3 N–H and O–H groups in total. The summed E-state index contributed by atoms with van der Waals surface area (Å²) in [7, 11) is 0. The zero-order valence-electron chi connectivity index (χ0n) is 19.8. The number of hydrogen-bond donors (Lipinski definition) is 3. The van der Waals surface area contributed by atoms with Crippen LogP contribution in [0.2, 0.25) is 0 Å². The number of hydrogen-bond acceptors (Lipinski definition) is 4. The summed E-state index contributed by atoms with van der Waals surface area (Å²) in [6.45, 7) is 3.82. The van der Waals surface area contributed by atoms with E-state index in [-0.39, 0.29) is 12.5 Å². The molecule has 0 saturated heterocycles. The van der Waals surface area contributed by atoms with Crippen LogP contribution in [0.4, 0.5) is 0 Å². The molecular formula is C28H37NO4. The molecule has 33 heavy (non-hydrogen) atoms. The summed E-state index contributed by atoms with van der Waals surface area (Å²) in [6.07, 6.45) is 7.84. The summed E-state index contributed by atoms with van der Waals surface area (Å²) >= 11 is 0. The number of benzene rings is 2. The van der Waals surface area contributed by atoms with E-state index in [4.69, 9.17) is 4.74 Å². The molecule has 2 aromatic rings. The highest BCUT2D eigenvalue weighted by Crippen LogP contribution is 2.50. The molecule has 2 bridgehead atoms. The van der Waals surface area contributed by atoms with Crippen molar-refractivity contribution in [3.8, 4) is 5.75 Å². The maximum atomic E-state index is 13.0. The molecule has 3 fully saturated rings. The Balaban J connectivity index is 1.43. The van der Waals surface area contributed by atoms with Crippen LogP contribution in [0.25, 0.3) is 0 Å². The van der Waals surface area contributed by atoms with Crippen LogP contribution in [0.3, 0.4) is 0 Å². The highest BCUT2D eigenvalue weighted by atomic mass is 16.5. The van der Waals surface area contributed by atoms with Crippen LogP contribution in [0.5, 0.6) is 5.75 Å². The van der Waals surface area contributed by atoms with E-state index in [0.29, 0.717) is 5.41 Å². The van der Waals surface area contributed by atoms with Crippen LogP contribution < -0.4 is 10.1 Å². The summed E-state index contributed by atoms with van der Waals surface area (Å²) < 4.78 is 6.20. The Labute approximate surface area is 197 Å². The molecule has 2 aromatic carbocycles. The number of carbonyl (C=O) groups excluding carboxylic acids is 1. The van der Waals surface area contributed by atoms with Crippen molar-refractivity contribution in [2.45, 2.75) is 69.9 Å². The number of carbonyl (C=O) groups is 1. The van der Waals surface area contributed by atoms with E-state index in [2.05, 4.69) is 5.32 Å². The fraction of sp³-hybridized carbons (Fsp3) is 0.536. The molecule has 0 heterocycles. The molecule has 5 heteroatoms. The molecule has 1 unspecified atom stereocenters. The molecule has 178 valence electrons. The molecule has 5 nitrogen and oxygen atoms in total. The molecule has 0 aliphatic heterocycles. The number of ether oxygens (including phenoxy) is 1. The van der Waals surface area contributed by atoms with Gasteiger partial charge in [-0.1, -0.05) is 42.5 Å². The van der Waals surface area contributed by atoms with Gasteiger partial charge in [-0.25, -0.2) is 0 Å². The Morgan fingerprint density at radius 3 is 2.18 bits per heavy atom. The average Bonchev–Trinajstić information content (AvgIpc) is 2.83. The van der Waals surface area contributed by atoms with Gasteiger partial charge < -0.3 is 20.3 Å². The van der Waals surface area contributed by atoms with Crippen LogP contribution in [-0.4, -0.2) is 34.9 Å². The lowest BCUT2D eigenvalue weighted by Gasteiger charge is -2.46. The predicted octanol–water partition coefficient (Wildman–Crippen LogP) is 4.74. The van der Waals surface area contributed by atoms with E-state index in [1.54, 1.807) is 13.8 Å². The number of fused-ring (bicyclic) bond motifs is 3. The van der Waals surface area contributed by atoms with Crippen LogP contribution in [0, 0.1) is 11.3 Å². The molecule has 0 radical (unpaired) electrons. The van der Waals surface area contributed by atoms with Crippen LogP contribution in [-0.2, 0) is 4.79 Å². The van der Waals surface area contributed by atoms with Crippen molar-refractivity contribution in [3.63, 3.8) is 0 Å². The number of rotatable bonds is 9. The summed E-state index contributed by atoms with van der Waals surface area (Å²) in [5.74, 6) is 0.748. The Hall–Kier alpha value is -2.37. The van der Waals surface area contributed by atoms with Crippen molar-refractivity contribution in [2.75, 3.05) is 13.2 Å². The third-order valence-electron chi connectivity index (χ3n) is 7.70. The van der Waals surface area contributed by atoms with Crippen LogP contribution in [0.15, 0.2) is 54.6 Å². The number of amides is 1. The molecule has 1 amide bonds. The van der Waals surface area contributed by atoms with E-state index in [9.17, 15) is 15.0 Å². The van der Waals surface area contributed by atoms with Gasteiger partial charge in [0.25, 0.3) is 0 Å². The quantitative estimate of drug-likeness (QED) is 0.515. The maximum Gasteiger partial charge on any atom is 0.230 e. The van der Waals surface area contributed by atoms with Crippen molar-refractivity contribution in [3.05, 3.63) is 65.7 Å². The zero-order chi connectivity index (χ0) is 23.5. The highest BCUT2D eigenvalue weighted by Gasteiger charge is 2.41. The van der Waals surface area contributed by atoms with Gasteiger partial charge in [0.1, 0.15) is 5.75 Å². The first-order valence-corrected chi connectivity index (χ1v) is 12.2. The smallest absolute Gasteiger partial charge is 0.230 e. The third-order valence-corrected chi connectivity index (χ3v) is 7.70. The number of nitrogens with one attached hydrogen (secondary N) is 1. The molecule has 3 saturated carbocycles. The van der Waals surface area contributed by atoms with Crippen molar-refractivity contribution in [2.24, 2.45) is 11.3 Å². The highest BCUT2D eigenvalue weighted by molar-refractivity contribution is 5.84. The van der Waals surface area contributed by atoms with E-state index < -0.39 is 17.6 Å². The second-order valence-corrected chi connectivity index (χ2v) is 10.6. The van der Waals surface area contributed by atoms with Gasteiger partial charge in [-0.15, -0.1) is 0 Å². The largest absolute Gasteiger partial charge is 0.493 e.